The molecule has 2 aliphatic rings. The second-order valence-corrected chi connectivity index (χ2v) is 5.25. The Balaban J connectivity index is 1.82. The van der Waals surface area contributed by atoms with E-state index in [-0.39, 0.29) is 0 Å². The van der Waals surface area contributed by atoms with Gasteiger partial charge in [-0.1, -0.05) is 0 Å². The van der Waals surface area contributed by atoms with Crippen LogP contribution in [0.3, 0.4) is 0 Å². The van der Waals surface area contributed by atoms with E-state index in [9.17, 15) is 0 Å². The number of nitrogens with zero attached hydrogens (tertiary/aromatic N) is 2. The van der Waals surface area contributed by atoms with Crippen LogP contribution in [-0.4, -0.2) is 24.6 Å². The fourth-order valence-electron chi connectivity index (χ4n) is 3.01. The normalized spacial score (nSPS) is 24.5. The van der Waals surface area contributed by atoms with Crippen molar-refractivity contribution in [2.45, 2.75) is 38.6 Å². The van der Waals surface area contributed by atoms with Crippen molar-refractivity contribution in [3.63, 3.8) is 0 Å². The minimum atomic E-state index is 0.536. The number of hydrogen-bond acceptors (Lipinski definition) is 3. The number of rotatable bonds is 2. The summed E-state index contributed by atoms with van der Waals surface area (Å²) in [5.41, 5.74) is 2.70. The van der Waals surface area contributed by atoms with Crippen LogP contribution in [0.15, 0.2) is 12.3 Å². The molecule has 1 aromatic heterocycles. The van der Waals surface area contributed by atoms with Gasteiger partial charge in [-0.25, -0.2) is 4.98 Å². The summed E-state index contributed by atoms with van der Waals surface area (Å²) in [4.78, 5) is 7.11. The highest BCUT2D eigenvalue weighted by atomic mass is 15.2. The Kier molecular flexibility index (Phi) is 3.02. The Morgan fingerprint density at radius 2 is 2.12 bits per heavy atom. The van der Waals surface area contributed by atoms with Crippen LogP contribution in [0.2, 0.25) is 0 Å². The molecule has 92 valence electrons. The number of nitrogens with one attached hydrogen (secondary N) is 1. The van der Waals surface area contributed by atoms with Crippen molar-refractivity contribution in [3.05, 3.63) is 23.4 Å². The SMILES string of the molecule is Cc1cc([C@@H]2CCCN2)cnc1N1CCCC1. The molecule has 3 heteroatoms. The second kappa shape index (κ2) is 4.65. The van der Waals surface area contributed by atoms with Gasteiger partial charge in [-0.2, -0.15) is 0 Å². The van der Waals surface area contributed by atoms with E-state index in [0.717, 1.165) is 6.54 Å². The van der Waals surface area contributed by atoms with E-state index in [1.54, 1.807) is 0 Å². The molecule has 3 rings (SSSR count). The van der Waals surface area contributed by atoms with Crippen molar-refractivity contribution in [2.24, 2.45) is 0 Å². The predicted molar refractivity (Wildman–Crippen MR) is 70.4 cm³/mol. The number of anilines is 1. The molecule has 0 bridgehead atoms. The lowest BCUT2D eigenvalue weighted by Crippen LogP contribution is -2.21. The molecule has 0 unspecified atom stereocenters. The van der Waals surface area contributed by atoms with Crippen molar-refractivity contribution in [1.29, 1.82) is 0 Å². The Labute approximate surface area is 103 Å². The molecule has 2 saturated heterocycles. The number of pyridine rings is 1. The third kappa shape index (κ3) is 2.16. The number of hydrogen-bond donors (Lipinski definition) is 1. The predicted octanol–water partition coefficient (Wildman–Crippen LogP) is 2.41. The van der Waals surface area contributed by atoms with Crippen LogP contribution in [-0.2, 0) is 0 Å². The van der Waals surface area contributed by atoms with Crippen molar-refractivity contribution in [3.8, 4) is 0 Å². The van der Waals surface area contributed by atoms with Crippen LogP contribution in [0.1, 0.15) is 42.9 Å². The second-order valence-electron chi connectivity index (χ2n) is 5.25. The average molecular weight is 231 g/mol. The van der Waals surface area contributed by atoms with E-state index in [1.807, 2.05) is 0 Å². The van der Waals surface area contributed by atoms with Gasteiger partial charge in [-0.3, -0.25) is 0 Å². The summed E-state index contributed by atoms with van der Waals surface area (Å²) >= 11 is 0. The molecule has 1 atom stereocenters. The summed E-state index contributed by atoms with van der Waals surface area (Å²) in [6.07, 6.45) is 7.24. The average Bonchev–Trinajstić information content (AvgIpc) is 3.02. The van der Waals surface area contributed by atoms with Crippen molar-refractivity contribution >= 4 is 5.82 Å². The first kappa shape index (κ1) is 11.0. The first-order valence-corrected chi connectivity index (χ1v) is 6.79. The molecule has 2 fully saturated rings. The number of aromatic nitrogens is 1. The van der Waals surface area contributed by atoms with Gasteiger partial charge in [0, 0.05) is 25.3 Å². The van der Waals surface area contributed by atoms with Crippen LogP contribution < -0.4 is 10.2 Å². The lowest BCUT2D eigenvalue weighted by Gasteiger charge is -2.20. The maximum Gasteiger partial charge on any atom is 0.131 e. The first-order chi connectivity index (χ1) is 8.34. The van der Waals surface area contributed by atoms with Gasteiger partial charge in [-0.15, -0.1) is 0 Å². The fraction of sp³-hybridized carbons (Fsp3) is 0.643. The van der Waals surface area contributed by atoms with E-state index in [4.69, 9.17) is 4.98 Å². The van der Waals surface area contributed by atoms with Crippen LogP contribution in [0.4, 0.5) is 5.82 Å². The Hall–Kier alpha value is -1.09. The summed E-state index contributed by atoms with van der Waals surface area (Å²) in [6, 6.07) is 2.86. The highest BCUT2D eigenvalue weighted by Gasteiger charge is 2.19. The quantitative estimate of drug-likeness (QED) is 0.847. The van der Waals surface area contributed by atoms with Gasteiger partial charge in [0.25, 0.3) is 0 Å². The minimum Gasteiger partial charge on any atom is -0.356 e. The Bertz CT molecular complexity index is 390. The molecule has 0 saturated carbocycles. The molecule has 0 aliphatic carbocycles. The minimum absolute atomic E-state index is 0.536. The van der Waals surface area contributed by atoms with Gasteiger partial charge in [-0.05, 0) is 56.3 Å². The topological polar surface area (TPSA) is 28.2 Å². The smallest absolute Gasteiger partial charge is 0.131 e. The summed E-state index contributed by atoms with van der Waals surface area (Å²) < 4.78 is 0. The molecule has 1 aromatic rings. The highest BCUT2D eigenvalue weighted by Crippen LogP contribution is 2.27. The van der Waals surface area contributed by atoms with Crippen LogP contribution in [0.5, 0.6) is 0 Å². The van der Waals surface area contributed by atoms with E-state index in [0.29, 0.717) is 6.04 Å². The molecule has 17 heavy (non-hydrogen) atoms. The molecule has 3 nitrogen and oxygen atoms in total. The van der Waals surface area contributed by atoms with Gasteiger partial charge in [0.1, 0.15) is 5.82 Å². The summed E-state index contributed by atoms with van der Waals surface area (Å²) in [5, 5.41) is 3.54. The molecule has 3 heterocycles. The lowest BCUT2D eigenvalue weighted by molar-refractivity contribution is 0.644. The third-order valence-corrected chi connectivity index (χ3v) is 3.94. The number of aryl methyl sites for hydroxylation is 1. The van der Waals surface area contributed by atoms with E-state index < -0.39 is 0 Å². The molecule has 2 aliphatic heterocycles. The zero-order valence-electron chi connectivity index (χ0n) is 10.6. The monoisotopic (exact) mass is 231 g/mol. The summed E-state index contributed by atoms with van der Waals surface area (Å²) in [5.74, 6) is 1.20. The zero-order valence-corrected chi connectivity index (χ0v) is 10.6. The molecular weight excluding hydrogens is 210 g/mol. The third-order valence-electron chi connectivity index (χ3n) is 3.94. The largest absolute Gasteiger partial charge is 0.356 e. The molecular formula is C14H21N3. The summed E-state index contributed by atoms with van der Waals surface area (Å²) in [6.45, 7) is 5.69. The van der Waals surface area contributed by atoms with Crippen LogP contribution in [0, 0.1) is 6.92 Å². The zero-order chi connectivity index (χ0) is 11.7. The maximum absolute atomic E-state index is 4.69. The van der Waals surface area contributed by atoms with Gasteiger partial charge >= 0.3 is 0 Å². The maximum atomic E-state index is 4.69. The fourth-order valence-corrected chi connectivity index (χ4v) is 3.01. The lowest BCUT2D eigenvalue weighted by atomic mass is 10.1. The highest BCUT2D eigenvalue weighted by molar-refractivity contribution is 5.48. The Morgan fingerprint density at radius 3 is 2.76 bits per heavy atom. The van der Waals surface area contributed by atoms with Crippen molar-refractivity contribution in [1.82, 2.24) is 10.3 Å². The van der Waals surface area contributed by atoms with Gasteiger partial charge in [0.15, 0.2) is 0 Å². The van der Waals surface area contributed by atoms with E-state index in [2.05, 4.69) is 29.4 Å². The molecule has 0 spiro atoms. The van der Waals surface area contributed by atoms with Crippen molar-refractivity contribution in [2.75, 3.05) is 24.5 Å². The van der Waals surface area contributed by atoms with Crippen LogP contribution >= 0.6 is 0 Å². The van der Waals surface area contributed by atoms with Gasteiger partial charge in [0.2, 0.25) is 0 Å². The molecule has 0 aromatic carbocycles. The Morgan fingerprint density at radius 1 is 1.29 bits per heavy atom. The van der Waals surface area contributed by atoms with E-state index >= 15 is 0 Å². The molecule has 0 radical (unpaired) electrons. The first-order valence-electron chi connectivity index (χ1n) is 6.79. The van der Waals surface area contributed by atoms with E-state index in [1.165, 1.54) is 55.7 Å². The molecule has 0 amide bonds. The standard InChI is InChI=1S/C14H21N3/c1-11-9-12(13-5-4-6-15-13)10-16-14(11)17-7-2-3-8-17/h9-10,13,15H,2-8H2,1H3/t13-/m0/s1. The molecule has 1 N–H and O–H groups in total. The van der Waals surface area contributed by atoms with Gasteiger partial charge in [0.05, 0.1) is 0 Å². The summed E-state index contributed by atoms with van der Waals surface area (Å²) in [7, 11) is 0. The van der Waals surface area contributed by atoms with Crippen molar-refractivity contribution < 1.29 is 0 Å². The van der Waals surface area contributed by atoms with Gasteiger partial charge < -0.3 is 10.2 Å². The van der Waals surface area contributed by atoms with Crippen LogP contribution in [0.25, 0.3) is 0 Å².